The monoisotopic (exact) mass is 194 g/mol. The zero-order valence-electron chi connectivity index (χ0n) is 7.57. The third-order valence-electron chi connectivity index (χ3n) is 1.70. The highest BCUT2D eigenvalue weighted by Gasteiger charge is 2.08. The third-order valence-corrected chi connectivity index (χ3v) is 1.70. The van der Waals surface area contributed by atoms with E-state index in [1.165, 1.54) is 18.2 Å². The number of hydrogen-bond acceptors (Lipinski definition) is 3. The molecule has 14 heavy (non-hydrogen) atoms. The summed E-state index contributed by atoms with van der Waals surface area (Å²) in [4.78, 5) is 21.6. The van der Waals surface area contributed by atoms with Crippen LogP contribution in [-0.4, -0.2) is 17.0 Å². The molecular weight excluding hydrogens is 184 g/mol. The molecular formula is C9H10N2O3. The number of rotatable bonds is 1. The summed E-state index contributed by atoms with van der Waals surface area (Å²) in [6.45, 7) is 1.65. The van der Waals surface area contributed by atoms with E-state index < -0.39 is 11.9 Å². The molecule has 5 nitrogen and oxygen atoms in total. The number of amides is 3. The molecule has 0 spiro atoms. The number of nitrogens with one attached hydrogen (secondary N) is 1. The van der Waals surface area contributed by atoms with Gasteiger partial charge in [0, 0.05) is 5.56 Å². The average molecular weight is 194 g/mol. The van der Waals surface area contributed by atoms with Crippen LogP contribution in [0.5, 0.6) is 5.75 Å². The molecule has 0 aliphatic rings. The lowest BCUT2D eigenvalue weighted by atomic mass is 10.1. The first kappa shape index (κ1) is 10.0. The van der Waals surface area contributed by atoms with Crippen LogP contribution in [0.15, 0.2) is 18.2 Å². The SMILES string of the molecule is Cc1cc(C(=O)NC(N)=O)ccc1O. The van der Waals surface area contributed by atoms with Crippen molar-refractivity contribution in [2.24, 2.45) is 5.73 Å². The van der Waals surface area contributed by atoms with E-state index >= 15 is 0 Å². The zero-order chi connectivity index (χ0) is 10.7. The van der Waals surface area contributed by atoms with Crippen LogP contribution in [-0.2, 0) is 0 Å². The van der Waals surface area contributed by atoms with Crippen molar-refractivity contribution in [3.63, 3.8) is 0 Å². The number of aryl methyl sites for hydroxylation is 1. The summed E-state index contributed by atoms with van der Waals surface area (Å²) in [5, 5.41) is 11.1. The fourth-order valence-electron chi connectivity index (χ4n) is 0.981. The predicted octanol–water partition coefficient (Wildman–Crippen LogP) is 0.509. The molecule has 4 N–H and O–H groups in total. The molecule has 0 radical (unpaired) electrons. The molecule has 3 amide bonds. The Hall–Kier alpha value is -2.04. The van der Waals surface area contributed by atoms with Crippen molar-refractivity contribution in [3.05, 3.63) is 29.3 Å². The number of primary amides is 1. The maximum Gasteiger partial charge on any atom is 0.319 e. The van der Waals surface area contributed by atoms with Crippen molar-refractivity contribution >= 4 is 11.9 Å². The highest BCUT2D eigenvalue weighted by atomic mass is 16.3. The minimum absolute atomic E-state index is 0.0978. The maximum atomic E-state index is 11.2. The molecule has 0 heterocycles. The van der Waals surface area contributed by atoms with Crippen molar-refractivity contribution in [3.8, 4) is 5.75 Å². The summed E-state index contributed by atoms with van der Waals surface area (Å²) in [5.41, 5.74) is 5.61. The van der Waals surface area contributed by atoms with Crippen molar-refractivity contribution in [1.82, 2.24) is 5.32 Å². The van der Waals surface area contributed by atoms with E-state index in [1.807, 2.05) is 5.32 Å². The van der Waals surface area contributed by atoms with Crippen molar-refractivity contribution in [2.45, 2.75) is 6.92 Å². The van der Waals surface area contributed by atoms with E-state index in [1.54, 1.807) is 6.92 Å². The molecule has 0 saturated carbocycles. The fraction of sp³-hybridized carbons (Fsp3) is 0.111. The first-order valence-corrected chi connectivity index (χ1v) is 3.91. The van der Waals surface area contributed by atoms with Crippen LogP contribution in [0.2, 0.25) is 0 Å². The average Bonchev–Trinajstić information content (AvgIpc) is 2.08. The number of phenolic OH excluding ortho intramolecular Hbond substituents is 1. The fourth-order valence-corrected chi connectivity index (χ4v) is 0.981. The van der Waals surface area contributed by atoms with Crippen molar-refractivity contribution < 1.29 is 14.7 Å². The Kier molecular flexibility index (Phi) is 2.71. The molecule has 0 aliphatic heterocycles. The Bertz CT molecular complexity index is 388. The Morgan fingerprint density at radius 2 is 2.07 bits per heavy atom. The van der Waals surface area contributed by atoms with Gasteiger partial charge in [-0.3, -0.25) is 10.1 Å². The van der Waals surface area contributed by atoms with Crippen LogP contribution in [0.3, 0.4) is 0 Å². The Morgan fingerprint density at radius 1 is 1.43 bits per heavy atom. The molecule has 0 atom stereocenters. The molecule has 0 bridgehead atoms. The van der Waals surface area contributed by atoms with Crippen molar-refractivity contribution in [1.29, 1.82) is 0 Å². The van der Waals surface area contributed by atoms with Crippen LogP contribution in [0.4, 0.5) is 4.79 Å². The molecule has 1 rings (SSSR count). The number of benzene rings is 1. The Labute approximate surface area is 80.5 Å². The Morgan fingerprint density at radius 3 is 2.57 bits per heavy atom. The van der Waals surface area contributed by atoms with Crippen molar-refractivity contribution in [2.75, 3.05) is 0 Å². The van der Waals surface area contributed by atoms with Gasteiger partial charge in [0.25, 0.3) is 5.91 Å². The first-order chi connectivity index (χ1) is 6.50. The second-order valence-corrected chi connectivity index (χ2v) is 2.82. The van der Waals surface area contributed by atoms with Gasteiger partial charge in [0.15, 0.2) is 0 Å². The zero-order valence-corrected chi connectivity index (χ0v) is 7.57. The highest BCUT2D eigenvalue weighted by molar-refractivity contribution is 6.03. The summed E-state index contributed by atoms with van der Waals surface area (Å²) in [7, 11) is 0. The first-order valence-electron chi connectivity index (χ1n) is 3.91. The van der Waals surface area contributed by atoms with Crippen LogP contribution < -0.4 is 11.1 Å². The molecule has 0 fully saturated rings. The Balaban J connectivity index is 2.91. The summed E-state index contributed by atoms with van der Waals surface area (Å²) in [5.74, 6) is -0.485. The lowest BCUT2D eigenvalue weighted by molar-refractivity contribution is 0.0966. The smallest absolute Gasteiger partial charge is 0.319 e. The van der Waals surface area contributed by atoms with Crippen LogP contribution in [0.25, 0.3) is 0 Å². The lowest BCUT2D eigenvalue weighted by Gasteiger charge is -2.03. The minimum Gasteiger partial charge on any atom is -0.508 e. The van der Waals surface area contributed by atoms with E-state index in [0.717, 1.165) is 0 Å². The van der Waals surface area contributed by atoms with Gasteiger partial charge in [-0.1, -0.05) is 0 Å². The topological polar surface area (TPSA) is 92.4 Å². The second-order valence-electron chi connectivity index (χ2n) is 2.82. The third kappa shape index (κ3) is 2.22. The number of imide groups is 1. The van der Waals surface area contributed by atoms with Gasteiger partial charge >= 0.3 is 6.03 Å². The van der Waals surface area contributed by atoms with Gasteiger partial charge in [-0.25, -0.2) is 4.79 Å². The van der Waals surface area contributed by atoms with Gasteiger partial charge in [0.2, 0.25) is 0 Å². The molecule has 5 heteroatoms. The molecule has 74 valence electrons. The quantitative estimate of drug-likeness (QED) is 0.608. The van der Waals surface area contributed by atoms with E-state index in [2.05, 4.69) is 0 Å². The largest absolute Gasteiger partial charge is 0.508 e. The standard InChI is InChI=1S/C9H10N2O3/c1-5-4-6(2-3-7(5)12)8(13)11-9(10)14/h2-4,12H,1H3,(H3,10,11,13,14). The number of phenols is 1. The van der Waals surface area contributed by atoms with Gasteiger partial charge < -0.3 is 10.8 Å². The number of aromatic hydroxyl groups is 1. The summed E-state index contributed by atoms with van der Waals surface area (Å²) < 4.78 is 0. The maximum absolute atomic E-state index is 11.2. The lowest BCUT2D eigenvalue weighted by Crippen LogP contribution is -2.34. The van der Waals surface area contributed by atoms with E-state index in [-0.39, 0.29) is 11.3 Å². The molecule has 0 saturated heterocycles. The highest BCUT2D eigenvalue weighted by Crippen LogP contribution is 2.16. The predicted molar refractivity (Wildman–Crippen MR) is 49.9 cm³/mol. The number of carbonyl (C=O) groups excluding carboxylic acids is 2. The minimum atomic E-state index is -0.902. The molecule has 0 aromatic heterocycles. The van der Waals surface area contributed by atoms with E-state index in [4.69, 9.17) is 5.73 Å². The van der Waals surface area contributed by atoms with E-state index in [9.17, 15) is 14.7 Å². The van der Waals surface area contributed by atoms with Gasteiger partial charge in [-0.05, 0) is 30.7 Å². The normalized spacial score (nSPS) is 9.50. The molecule has 0 unspecified atom stereocenters. The van der Waals surface area contributed by atoms with Crippen LogP contribution in [0, 0.1) is 6.92 Å². The number of carbonyl (C=O) groups is 2. The van der Waals surface area contributed by atoms with Gasteiger partial charge in [-0.2, -0.15) is 0 Å². The van der Waals surface area contributed by atoms with Crippen LogP contribution >= 0.6 is 0 Å². The molecule has 0 aliphatic carbocycles. The summed E-state index contributed by atoms with van der Waals surface area (Å²) >= 11 is 0. The van der Waals surface area contributed by atoms with Crippen LogP contribution in [0.1, 0.15) is 15.9 Å². The molecule has 1 aromatic rings. The van der Waals surface area contributed by atoms with Gasteiger partial charge in [0.05, 0.1) is 0 Å². The summed E-state index contributed by atoms with van der Waals surface area (Å²) in [6.07, 6.45) is 0. The van der Waals surface area contributed by atoms with Gasteiger partial charge in [-0.15, -0.1) is 0 Å². The van der Waals surface area contributed by atoms with Gasteiger partial charge in [0.1, 0.15) is 5.75 Å². The number of urea groups is 1. The molecule has 1 aromatic carbocycles. The number of hydrogen-bond donors (Lipinski definition) is 3. The number of nitrogens with two attached hydrogens (primary N) is 1. The second kappa shape index (κ2) is 3.78. The summed E-state index contributed by atoms with van der Waals surface area (Å²) in [6, 6.07) is 3.35. The van der Waals surface area contributed by atoms with E-state index in [0.29, 0.717) is 5.56 Å².